The minimum Gasteiger partial charge on any atom is -0.321 e. The summed E-state index contributed by atoms with van der Waals surface area (Å²) in [7, 11) is 0. The smallest absolute Gasteiger partial charge is 0.255 e. The Morgan fingerprint density at radius 3 is 2.44 bits per heavy atom. The number of hydrogen-bond acceptors (Lipinski definition) is 2. The number of aldehydes is 1. The van der Waals surface area contributed by atoms with Crippen molar-refractivity contribution in [3.8, 4) is 0 Å². The second-order valence-corrected chi connectivity index (χ2v) is 4.05. The molecule has 3 nitrogen and oxygen atoms in total. The van der Waals surface area contributed by atoms with Gasteiger partial charge in [-0.3, -0.25) is 9.59 Å². The molecule has 4 heteroatoms. The van der Waals surface area contributed by atoms with Gasteiger partial charge in [-0.25, -0.2) is 0 Å². The molecule has 0 aliphatic rings. The van der Waals surface area contributed by atoms with Crippen molar-refractivity contribution in [2.75, 3.05) is 5.32 Å². The lowest BCUT2D eigenvalue weighted by atomic mass is 10.1. The first-order chi connectivity index (χ1) is 8.72. The van der Waals surface area contributed by atoms with E-state index in [2.05, 4.69) is 5.32 Å². The molecule has 0 heterocycles. The third-order valence-electron chi connectivity index (χ3n) is 2.45. The van der Waals surface area contributed by atoms with E-state index in [1.807, 2.05) is 6.07 Å². The number of benzene rings is 2. The molecule has 1 N–H and O–H groups in total. The molecular weight excluding hydrogens is 250 g/mol. The van der Waals surface area contributed by atoms with Crippen LogP contribution in [0.25, 0.3) is 0 Å². The minimum absolute atomic E-state index is 0.277. The summed E-state index contributed by atoms with van der Waals surface area (Å²) >= 11 is 5.88. The fraction of sp³-hybridized carbons (Fsp3) is 0. The van der Waals surface area contributed by atoms with E-state index >= 15 is 0 Å². The maximum atomic E-state index is 11.9. The summed E-state index contributed by atoms with van der Waals surface area (Å²) < 4.78 is 0. The molecule has 90 valence electrons. The number of nitrogens with one attached hydrogen (secondary N) is 1. The van der Waals surface area contributed by atoms with Crippen LogP contribution in [-0.2, 0) is 0 Å². The van der Waals surface area contributed by atoms with Gasteiger partial charge in [0.1, 0.15) is 0 Å². The van der Waals surface area contributed by atoms with Crippen molar-refractivity contribution in [2.24, 2.45) is 0 Å². The number of hydrogen-bond donors (Lipinski definition) is 1. The SMILES string of the molecule is O=Cc1c(Cl)cccc1NC(=O)c1ccccc1. The van der Waals surface area contributed by atoms with Crippen molar-refractivity contribution < 1.29 is 9.59 Å². The van der Waals surface area contributed by atoms with E-state index in [-0.39, 0.29) is 11.5 Å². The van der Waals surface area contributed by atoms with Crippen LogP contribution in [0.2, 0.25) is 5.02 Å². The molecule has 2 aromatic rings. The first-order valence-corrected chi connectivity index (χ1v) is 5.70. The maximum Gasteiger partial charge on any atom is 0.255 e. The van der Waals surface area contributed by atoms with Crippen molar-refractivity contribution in [1.29, 1.82) is 0 Å². The fourth-order valence-electron chi connectivity index (χ4n) is 1.55. The molecule has 2 aromatic carbocycles. The highest BCUT2D eigenvalue weighted by atomic mass is 35.5. The van der Waals surface area contributed by atoms with E-state index in [4.69, 9.17) is 11.6 Å². The van der Waals surface area contributed by atoms with E-state index in [0.717, 1.165) is 0 Å². The summed E-state index contributed by atoms with van der Waals surface area (Å²) in [6.07, 6.45) is 0.628. The monoisotopic (exact) mass is 259 g/mol. The molecule has 0 saturated carbocycles. The Morgan fingerprint density at radius 2 is 1.78 bits per heavy atom. The first-order valence-electron chi connectivity index (χ1n) is 5.32. The van der Waals surface area contributed by atoms with E-state index < -0.39 is 0 Å². The van der Waals surface area contributed by atoms with Gasteiger partial charge in [-0.1, -0.05) is 35.9 Å². The lowest BCUT2D eigenvalue weighted by molar-refractivity contribution is 0.102. The number of halogens is 1. The topological polar surface area (TPSA) is 46.2 Å². The molecular formula is C14H10ClNO2. The second-order valence-electron chi connectivity index (χ2n) is 3.64. The summed E-state index contributed by atoms with van der Waals surface area (Å²) in [5, 5.41) is 2.98. The van der Waals surface area contributed by atoms with Crippen LogP contribution in [0.4, 0.5) is 5.69 Å². The van der Waals surface area contributed by atoms with Crippen LogP contribution in [0.5, 0.6) is 0 Å². The highest BCUT2D eigenvalue weighted by Gasteiger charge is 2.10. The predicted octanol–water partition coefficient (Wildman–Crippen LogP) is 3.40. The Kier molecular flexibility index (Phi) is 3.75. The molecule has 0 aliphatic carbocycles. The minimum atomic E-state index is -0.277. The first kappa shape index (κ1) is 12.3. The molecule has 2 rings (SSSR count). The maximum absolute atomic E-state index is 11.9. The fourth-order valence-corrected chi connectivity index (χ4v) is 1.77. The van der Waals surface area contributed by atoms with Gasteiger partial charge in [0.15, 0.2) is 6.29 Å². The van der Waals surface area contributed by atoms with Crippen LogP contribution in [0, 0.1) is 0 Å². The zero-order valence-electron chi connectivity index (χ0n) is 9.39. The van der Waals surface area contributed by atoms with E-state index in [1.165, 1.54) is 0 Å². The van der Waals surface area contributed by atoms with Crippen LogP contribution in [0.3, 0.4) is 0 Å². The van der Waals surface area contributed by atoms with Crippen molar-refractivity contribution in [3.05, 3.63) is 64.7 Å². The molecule has 0 atom stereocenters. The molecule has 18 heavy (non-hydrogen) atoms. The highest BCUT2D eigenvalue weighted by Crippen LogP contribution is 2.22. The Labute approximate surface area is 109 Å². The third kappa shape index (κ3) is 2.57. The van der Waals surface area contributed by atoms with Crippen LogP contribution in [0.1, 0.15) is 20.7 Å². The van der Waals surface area contributed by atoms with Gasteiger partial charge in [-0.2, -0.15) is 0 Å². The molecule has 0 radical (unpaired) electrons. The Bertz CT molecular complexity index is 582. The van der Waals surface area contributed by atoms with Gasteiger partial charge in [0, 0.05) is 5.56 Å². The highest BCUT2D eigenvalue weighted by molar-refractivity contribution is 6.33. The number of amides is 1. The molecule has 0 saturated heterocycles. The molecule has 0 unspecified atom stereocenters. The molecule has 1 amide bonds. The summed E-state index contributed by atoms with van der Waals surface area (Å²) in [4.78, 5) is 22.9. The summed E-state index contributed by atoms with van der Waals surface area (Å²) in [6.45, 7) is 0. The van der Waals surface area contributed by atoms with Crippen molar-refractivity contribution in [3.63, 3.8) is 0 Å². The Balaban J connectivity index is 2.28. The standard InChI is InChI=1S/C14H10ClNO2/c15-12-7-4-8-13(11(12)9-17)16-14(18)10-5-2-1-3-6-10/h1-9H,(H,16,18). The second kappa shape index (κ2) is 5.47. The Hall–Kier alpha value is -2.13. The van der Waals surface area contributed by atoms with Crippen LogP contribution in [0.15, 0.2) is 48.5 Å². The van der Waals surface area contributed by atoms with E-state index in [0.29, 0.717) is 22.6 Å². The molecule has 0 spiro atoms. The van der Waals surface area contributed by atoms with Crippen molar-refractivity contribution >= 4 is 29.5 Å². The summed E-state index contributed by atoms with van der Waals surface area (Å²) in [5.74, 6) is -0.277. The lowest BCUT2D eigenvalue weighted by Gasteiger charge is -2.08. The van der Waals surface area contributed by atoms with E-state index in [1.54, 1.807) is 42.5 Å². The van der Waals surface area contributed by atoms with Crippen molar-refractivity contribution in [1.82, 2.24) is 0 Å². The van der Waals surface area contributed by atoms with Crippen LogP contribution in [-0.4, -0.2) is 12.2 Å². The number of rotatable bonds is 3. The molecule has 0 aromatic heterocycles. The Morgan fingerprint density at radius 1 is 1.06 bits per heavy atom. The lowest BCUT2D eigenvalue weighted by Crippen LogP contribution is -2.13. The van der Waals surface area contributed by atoms with Gasteiger partial charge in [0.05, 0.1) is 16.3 Å². The normalized spacial score (nSPS) is 9.83. The quantitative estimate of drug-likeness (QED) is 0.859. The average Bonchev–Trinajstić information content (AvgIpc) is 2.40. The van der Waals surface area contributed by atoms with Gasteiger partial charge in [0.2, 0.25) is 0 Å². The van der Waals surface area contributed by atoms with Gasteiger partial charge < -0.3 is 5.32 Å². The predicted molar refractivity (Wildman–Crippen MR) is 71.2 cm³/mol. The molecule has 0 aliphatic heterocycles. The summed E-state index contributed by atoms with van der Waals surface area (Å²) in [5.41, 5.74) is 1.21. The number of carbonyl (C=O) groups is 2. The molecule has 0 bridgehead atoms. The largest absolute Gasteiger partial charge is 0.321 e. The van der Waals surface area contributed by atoms with Gasteiger partial charge in [0.25, 0.3) is 5.91 Å². The molecule has 0 fully saturated rings. The van der Waals surface area contributed by atoms with Crippen LogP contribution >= 0.6 is 11.6 Å². The van der Waals surface area contributed by atoms with Crippen molar-refractivity contribution in [2.45, 2.75) is 0 Å². The zero-order chi connectivity index (χ0) is 13.0. The third-order valence-corrected chi connectivity index (χ3v) is 2.78. The van der Waals surface area contributed by atoms with Gasteiger partial charge in [-0.15, -0.1) is 0 Å². The van der Waals surface area contributed by atoms with Gasteiger partial charge in [-0.05, 0) is 24.3 Å². The summed E-state index contributed by atoms with van der Waals surface area (Å²) in [6, 6.07) is 13.7. The zero-order valence-corrected chi connectivity index (χ0v) is 10.1. The van der Waals surface area contributed by atoms with Gasteiger partial charge >= 0.3 is 0 Å². The number of anilines is 1. The van der Waals surface area contributed by atoms with Crippen LogP contribution < -0.4 is 5.32 Å². The average molecular weight is 260 g/mol. The van der Waals surface area contributed by atoms with E-state index in [9.17, 15) is 9.59 Å². The number of carbonyl (C=O) groups excluding carboxylic acids is 2.